The molecule has 0 atom stereocenters. The van der Waals surface area contributed by atoms with Gasteiger partial charge in [0.25, 0.3) is 0 Å². The summed E-state index contributed by atoms with van der Waals surface area (Å²) in [4.78, 5) is 16.1. The minimum atomic E-state index is 0.0672. The number of fused-ring (bicyclic) bond motifs is 1. The number of nitrogens with zero attached hydrogens (tertiary/aromatic N) is 4. The van der Waals surface area contributed by atoms with Gasteiger partial charge >= 0.3 is 0 Å². The fraction of sp³-hybridized carbons (Fsp3) is 0.111. The largest absolute Gasteiger partial charge is 0.494 e. The van der Waals surface area contributed by atoms with Crippen molar-refractivity contribution < 1.29 is 5.11 Å². The van der Waals surface area contributed by atoms with Gasteiger partial charge in [-0.1, -0.05) is 0 Å². The molecule has 4 aromatic rings. The van der Waals surface area contributed by atoms with E-state index in [0.29, 0.717) is 17.1 Å². The van der Waals surface area contributed by atoms with Gasteiger partial charge in [-0.15, -0.1) is 0 Å². The Labute approximate surface area is 143 Å². The molecule has 0 saturated heterocycles. The first-order valence-corrected chi connectivity index (χ1v) is 7.80. The molecule has 4 rings (SSSR count). The second-order valence-corrected chi connectivity index (χ2v) is 5.79. The molecular formula is C18H16N6O. The summed E-state index contributed by atoms with van der Waals surface area (Å²) in [5.41, 5.74) is 4.91. The number of hydrogen-bond acceptors (Lipinski definition) is 5. The van der Waals surface area contributed by atoms with Crippen LogP contribution < -0.4 is 0 Å². The predicted octanol–water partition coefficient (Wildman–Crippen LogP) is 3.50. The van der Waals surface area contributed by atoms with Crippen LogP contribution in [0.25, 0.3) is 22.2 Å². The fourth-order valence-electron chi connectivity index (χ4n) is 2.87. The number of aryl methyl sites for hydroxylation is 1. The number of aromatic amines is 2. The van der Waals surface area contributed by atoms with E-state index in [0.717, 1.165) is 27.7 Å². The van der Waals surface area contributed by atoms with Gasteiger partial charge in [-0.3, -0.25) is 15.1 Å². The highest BCUT2D eigenvalue weighted by Crippen LogP contribution is 2.31. The van der Waals surface area contributed by atoms with Crippen molar-refractivity contribution in [3.8, 4) is 17.1 Å². The van der Waals surface area contributed by atoms with Crippen LogP contribution in [0.2, 0.25) is 0 Å². The van der Waals surface area contributed by atoms with E-state index in [9.17, 15) is 5.11 Å². The van der Waals surface area contributed by atoms with E-state index in [4.69, 9.17) is 0 Å². The van der Waals surface area contributed by atoms with Crippen molar-refractivity contribution in [2.24, 2.45) is 4.99 Å². The maximum Gasteiger partial charge on any atom is 0.198 e. The number of nitrogens with one attached hydrogen (secondary N) is 2. The first-order valence-electron chi connectivity index (χ1n) is 7.80. The van der Waals surface area contributed by atoms with Crippen LogP contribution in [0.5, 0.6) is 5.88 Å². The first kappa shape index (κ1) is 15.1. The Hall–Kier alpha value is -3.48. The summed E-state index contributed by atoms with van der Waals surface area (Å²) in [5.74, 6) is 0.696. The number of aromatic hydroxyl groups is 1. The average Bonchev–Trinajstić information content (AvgIpc) is 3.21. The van der Waals surface area contributed by atoms with Crippen LogP contribution in [-0.2, 0) is 0 Å². The predicted molar refractivity (Wildman–Crippen MR) is 96.2 cm³/mol. The molecule has 4 aromatic heterocycles. The van der Waals surface area contributed by atoms with Gasteiger partial charge in [-0.05, 0) is 31.5 Å². The van der Waals surface area contributed by atoms with Crippen LogP contribution >= 0.6 is 0 Å². The zero-order valence-corrected chi connectivity index (χ0v) is 13.8. The molecule has 0 aliphatic heterocycles. The maximum absolute atomic E-state index is 10.3. The van der Waals surface area contributed by atoms with Gasteiger partial charge in [0.05, 0.1) is 34.9 Å². The average molecular weight is 332 g/mol. The Morgan fingerprint density at radius 3 is 2.84 bits per heavy atom. The number of rotatable bonds is 3. The summed E-state index contributed by atoms with van der Waals surface area (Å²) in [6.07, 6.45) is 6.89. The lowest BCUT2D eigenvalue weighted by Crippen LogP contribution is -1.94. The third-order valence-electron chi connectivity index (χ3n) is 4.11. The minimum absolute atomic E-state index is 0.0672. The highest BCUT2D eigenvalue weighted by Gasteiger charge is 2.16. The summed E-state index contributed by atoms with van der Waals surface area (Å²) in [7, 11) is 0. The van der Waals surface area contributed by atoms with E-state index in [1.165, 1.54) is 0 Å². The molecule has 25 heavy (non-hydrogen) atoms. The molecule has 0 aromatic carbocycles. The third kappa shape index (κ3) is 2.65. The summed E-state index contributed by atoms with van der Waals surface area (Å²) in [5, 5.41) is 17.9. The Morgan fingerprint density at radius 1 is 1.20 bits per heavy atom. The van der Waals surface area contributed by atoms with Gasteiger partial charge in [0.2, 0.25) is 0 Å². The summed E-state index contributed by atoms with van der Waals surface area (Å²) in [6.45, 7) is 3.86. The third-order valence-corrected chi connectivity index (χ3v) is 4.11. The topological polar surface area (TPSA) is 103 Å². The van der Waals surface area contributed by atoms with E-state index in [2.05, 4.69) is 30.1 Å². The maximum atomic E-state index is 10.3. The molecule has 7 heteroatoms. The SMILES string of the molecule is C/C(=N\c1ccn[nH]1)c1c(O)[nH]c2cnc(-c3cnccc3C)cc12. The van der Waals surface area contributed by atoms with Crippen LogP contribution in [0, 0.1) is 6.92 Å². The van der Waals surface area contributed by atoms with Crippen LogP contribution in [-0.4, -0.2) is 36.0 Å². The molecule has 3 N–H and O–H groups in total. The first-order chi connectivity index (χ1) is 12.1. The standard InChI is InChI=1S/C18H16N6O/c1-10-3-5-19-8-13(10)14-7-12-15(9-20-14)23-18(25)17(12)11(2)22-16-4-6-21-24-16/h3-9,23,25H,1-2H3,(H,21,24)/b22-11+. The molecule has 0 aliphatic rings. The van der Waals surface area contributed by atoms with Crippen LogP contribution in [0.1, 0.15) is 18.1 Å². The van der Waals surface area contributed by atoms with Crippen molar-refractivity contribution in [2.45, 2.75) is 13.8 Å². The van der Waals surface area contributed by atoms with Gasteiger partial charge in [0, 0.05) is 29.4 Å². The van der Waals surface area contributed by atoms with Gasteiger partial charge in [0.15, 0.2) is 5.88 Å². The van der Waals surface area contributed by atoms with Gasteiger partial charge in [0.1, 0.15) is 5.82 Å². The number of aliphatic imine (C=N–C) groups is 1. The summed E-state index contributed by atoms with van der Waals surface area (Å²) in [6, 6.07) is 5.65. The summed E-state index contributed by atoms with van der Waals surface area (Å²) < 4.78 is 0. The number of hydrogen-bond donors (Lipinski definition) is 3. The molecular weight excluding hydrogens is 316 g/mol. The lowest BCUT2D eigenvalue weighted by molar-refractivity contribution is 0.457. The lowest BCUT2D eigenvalue weighted by atomic mass is 10.0. The normalized spacial score (nSPS) is 12.0. The molecule has 0 spiro atoms. The van der Waals surface area contributed by atoms with Crippen molar-refractivity contribution in [1.29, 1.82) is 0 Å². The van der Waals surface area contributed by atoms with Gasteiger partial charge < -0.3 is 10.1 Å². The Bertz CT molecular complexity index is 1080. The number of H-pyrrole nitrogens is 2. The van der Waals surface area contributed by atoms with Crippen molar-refractivity contribution in [3.05, 3.63) is 54.1 Å². The Balaban J connectivity index is 1.89. The lowest BCUT2D eigenvalue weighted by Gasteiger charge is -2.05. The number of aromatic nitrogens is 5. The quantitative estimate of drug-likeness (QED) is 0.500. The molecule has 4 heterocycles. The zero-order chi connectivity index (χ0) is 17.4. The van der Waals surface area contributed by atoms with Crippen LogP contribution in [0.4, 0.5) is 5.82 Å². The van der Waals surface area contributed by atoms with Crippen LogP contribution in [0.3, 0.4) is 0 Å². The highest BCUT2D eigenvalue weighted by atomic mass is 16.3. The molecule has 0 aliphatic carbocycles. The van der Waals surface area contributed by atoms with E-state index in [1.807, 2.05) is 26.0 Å². The fourth-order valence-corrected chi connectivity index (χ4v) is 2.87. The van der Waals surface area contributed by atoms with Crippen molar-refractivity contribution in [1.82, 2.24) is 25.1 Å². The van der Waals surface area contributed by atoms with Gasteiger partial charge in [-0.25, -0.2) is 4.99 Å². The molecule has 0 saturated carbocycles. The minimum Gasteiger partial charge on any atom is -0.494 e. The van der Waals surface area contributed by atoms with E-state index in [-0.39, 0.29) is 5.88 Å². The molecule has 0 fully saturated rings. The molecule has 0 bridgehead atoms. The second-order valence-electron chi connectivity index (χ2n) is 5.79. The molecule has 124 valence electrons. The van der Waals surface area contributed by atoms with Crippen LogP contribution in [0.15, 0.2) is 48.0 Å². The van der Waals surface area contributed by atoms with Crippen molar-refractivity contribution in [2.75, 3.05) is 0 Å². The highest BCUT2D eigenvalue weighted by molar-refractivity contribution is 6.13. The Kier molecular flexibility index (Phi) is 3.53. The van der Waals surface area contributed by atoms with E-state index >= 15 is 0 Å². The molecule has 0 radical (unpaired) electrons. The molecule has 0 unspecified atom stereocenters. The second kappa shape index (κ2) is 5.86. The number of pyridine rings is 2. The van der Waals surface area contributed by atoms with E-state index < -0.39 is 0 Å². The zero-order valence-electron chi connectivity index (χ0n) is 13.8. The molecule has 7 nitrogen and oxygen atoms in total. The van der Waals surface area contributed by atoms with Crippen molar-refractivity contribution >= 4 is 22.4 Å². The smallest absolute Gasteiger partial charge is 0.198 e. The van der Waals surface area contributed by atoms with Crippen molar-refractivity contribution in [3.63, 3.8) is 0 Å². The summed E-state index contributed by atoms with van der Waals surface area (Å²) >= 11 is 0. The van der Waals surface area contributed by atoms with Gasteiger partial charge in [-0.2, -0.15) is 5.10 Å². The monoisotopic (exact) mass is 332 g/mol. The molecule has 0 amide bonds. The van der Waals surface area contributed by atoms with E-state index in [1.54, 1.807) is 30.9 Å². The Morgan fingerprint density at radius 2 is 2.08 bits per heavy atom.